The predicted octanol–water partition coefficient (Wildman–Crippen LogP) is 1.57. The number of rotatable bonds is 7. The zero-order chi connectivity index (χ0) is 19.4. The Morgan fingerprint density at radius 3 is 1.88 bits per heavy atom. The Morgan fingerprint density at radius 1 is 0.885 bits per heavy atom. The Labute approximate surface area is 152 Å². The van der Waals surface area contributed by atoms with Crippen LogP contribution in [0.2, 0.25) is 0 Å². The molecule has 10 heteroatoms. The number of esters is 1. The summed E-state index contributed by atoms with van der Waals surface area (Å²) in [4.78, 5) is 11.6. The maximum atomic E-state index is 12.4. The summed E-state index contributed by atoms with van der Waals surface area (Å²) in [7, 11) is -6.21. The molecule has 2 N–H and O–H groups in total. The molecule has 2 aromatic carbocycles. The minimum absolute atomic E-state index is 0.0155. The molecule has 0 aliphatic heterocycles. The van der Waals surface area contributed by atoms with E-state index in [-0.39, 0.29) is 27.6 Å². The van der Waals surface area contributed by atoms with Gasteiger partial charge in [0.2, 0.25) is 10.0 Å². The fraction of sp³-hybridized carbons (Fsp3) is 0.188. The van der Waals surface area contributed by atoms with Gasteiger partial charge in [-0.15, -0.1) is 0 Å². The lowest BCUT2D eigenvalue weighted by atomic mass is 10.2. The van der Waals surface area contributed by atoms with Gasteiger partial charge in [0.1, 0.15) is 0 Å². The van der Waals surface area contributed by atoms with Gasteiger partial charge in [0, 0.05) is 5.69 Å². The molecule has 2 aromatic rings. The van der Waals surface area contributed by atoms with Crippen molar-refractivity contribution in [2.75, 3.05) is 18.4 Å². The van der Waals surface area contributed by atoms with Crippen molar-refractivity contribution in [3.63, 3.8) is 0 Å². The molecule has 0 bridgehead atoms. The zero-order valence-electron chi connectivity index (χ0n) is 14.1. The highest BCUT2D eigenvalue weighted by Crippen LogP contribution is 2.19. The second-order valence-corrected chi connectivity index (χ2v) is 8.65. The Kier molecular flexibility index (Phi) is 6.01. The molecule has 0 saturated carbocycles. The summed E-state index contributed by atoms with van der Waals surface area (Å²) < 4.78 is 57.5. The first-order chi connectivity index (χ1) is 12.2. The van der Waals surface area contributed by atoms with E-state index in [0.717, 1.165) is 0 Å². The standard InChI is InChI=1S/C16H18N2O6S2/c1-3-24-16(19)12-4-8-15(9-5-12)26(22,23)18-13-6-10-14(11-7-13)25(20,21)17-2/h4-11,17-18H,3H2,1-2H3. The second-order valence-electron chi connectivity index (χ2n) is 5.08. The normalized spacial score (nSPS) is 11.8. The van der Waals surface area contributed by atoms with Crippen LogP contribution in [0.25, 0.3) is 0 Å². The first kappa shape index (κ1) is 19.9. The van der Waals surface area contributed by atoms with Crippen LogP contribution in [0.15, 0.2) is 58.3 Å². The van der Waals surface area contributed by atoms with Crippen molar-refractivity contribution in [3.05, 3.63) is 54.1 Å². The van der Waals surface area contributed by atoms with Gasteiger partial charge in [-0.05, 0) is 62.5 Å². The highest BCUT2D eigenvalue weighted by Gasteiger charge is 2.17. The molecule has 140 valence electrons. The van der Waals surface area contributed by atoms with E-state index in [1.54, 1.807) is 6.92 Å². The smallest absolute Gasteiger partial charge is 0.338 e. The summed E-state index contributed by atoms with van der Waals surface area (Å²) in [5.74, 6) is -0.536. The molecule has 0 radical (unpaired) electrons. The number of hydrogen-bond acceptors (Lipinski definition) is 6. The van der Waals surface area contributed by atoms with Crippen LogP contribution in [0.4, 0.5) is 5.69 Å². The third-order valence-electron chi connectivity index (χ3n) is 3.36. The average molecular weight is 398 g/mol. The largest absolute Gasteiger partial charge is 0.462 e. The van der Waals surface area contributed by atoms with E-state index in [0.29, 0.717) is 0 Å². The fourth-order valence-electron chi connectivity index (χ4n) is 2.02. The van der Waals surface area contributed by atoms with Crippen LogP contribution in [0.5, 0.6) is 0 Å². The number of anilines is 1. The minimum atomic E-state index is -3.89. The molecular formula is C16H18N2O6S2. The molecule has 0 heterocycles. The number of hydrogen-bond donors (Lipinski definition) is 2. The van der Waals surface area contributed by atoms with E-state index in [9.17, 15) is 21.6 Å². The summed E-state index contributed by atoms with van der Waals surface area (Å²) in [5.41, 5.74) is 0.446. The van der Waals surface area contributed by atoms with Crippen LogP contribution in [-0.4, -0.2) is 36.5 Å². The van der Waals surface area contributed by atoms with Crippen molar-refractivity contribution >= 4 is 31.7 Å². The van der Waals surface area contributed by atoms with Crippen molar-refractivity contribution < 1.29 is 26.4 Å². The van der Waals surface area contributed by atoms with E-state index in [1.165, 1.54) is 55.6 Å². The minimum Gasteiger partial charge on any atom is -0.462 e. The Bertz CT molecular complexity index is 982. The molecule has 26 heavy (non-hydrogen) atoms. The van der Waals surface area contributed by atoms with Crippen LogP contribution >= 0.6 is 0 Å². The average Bonchev–Trinajstić information content (AvgIpc) is 2.62. The molecule has 0 unspecified atom stereocenters. The molecule has 0 aliphatic rings. The van der Waals surface area contributed by atoms with Crippen molar-refractivity contribution in [3.8, 4) is 0 Å². The SMILES string of the molecule is CCOC(=O)c1ccc(S(=O)(=O)Nc2ccc(S(=O)(=O)NC)cc2)cc1. The maximum Gasteiger partial charge on any atom is 0.338 e. The van der Waals surface area contributed by atoms with E-state index >= 15 is 0 Å². The lowest BCUT2D eigenvalue weighted by molar-refractivity contribution is 0.0526. The van der Waals surface area contributed by atoms with Gasteiger partial charge in [-0.25, -0.2) is 26.4 Å². The van der Waals surface area contributed by atoms with E-state index < -0.39 is 26.0 Å². The summed E-state index contributed by atoms with van der Waals surface area (Å²) in [6.07, 6.45) is 0. The van der Waals surface area contributed by atoms with Crippen molar-refractivity contribution in [1.29, 1.82) is 0 Å². The van der Waals surface area contributed by atoms with Gasteiger partial charge in [-0.3, -0.25) is 4.72 Å². The fourth-order valence-corrected chi connectivity index (χ4v) is 3.81. The molecule has 0 aromatic heterocycles. The molecular weight excluding hydrogens is 380 g/mol. The van der Waals surface area contributed by atoms with Crippen molar-refractivity contribution in [2.24, 2.45) is 0 Å². The lowest BCUT2D eigenvalue weighted by Gasteiger charge is -2.09. The number of nitrogens with one attached hydrogen (secondary N) is 2. The third-order valence-corrected chi connectivity index (χ3v) is 6.19. The van der Waals surface area contributed by atoms with E-state index in [1.807, 2.05) is 0 Å². The first-order valence-electron chi connectivity index (χ1n) is 7.53. The van der Waals surface area contributed by atoms with Crippen molar-refractivity contribution in [1.82, 2.24) is 4.72 Å². The topological polar surface area (TPSA) is 119 Å². The molecule has 0 spiro atoms. The van der Waals surface area contributed by atoms with Gasteiger partial charge >= 0.3 is 5.97 Å². The van der Waals surface area contributed by atoms with Crippen LogP contribution in [0.3, 0.4) is 0 Å². The van der Waals surface area contributed by atoms with Gasteiger partial charge in [0.25, 0.3) is 10.0 Å². The molecule has 2 rings (SSSR count). The first-order valence-corrected chi connectivity index (χ1v) is 10.5. The summed E-state index contributed by atoms with van der Waals surface area (Å²) in [5, 5.41) is 0. The quantitative estimate of drug-likeness (QED) is 0.684. The van der Waals surface area contributed by atoms with E-state index in [2.05, 4.69) is 9.44 Å². The highest BCUT2D eigenvalue weighted by atomic mass is 32.2. The second kappa shape index (κ2) is 7.85. The van der Waals surface area contributed by atoms with Gasteiger partial charge < -0.3 is 4.74 Å². The zero-order valence-corrected chi connectivity index (χ0v) is 15.7. The summed E-state index contributed by atoms with van der Waals surface area (Å²) in [6.45, 7) is 1.90. The van der Waals surface area contributed by atoms with Gasteiger partial charge in [0.05, 0.1) is 22.0 Å². The Hall–Kier alpha value is -2.43. The molecule has 0 saturated heterocycles. The van der Waals surface area contributed by atoms with Crippen LogP contribution in [-0.2, 0) is 24.8 Å². The lowest BCUT2D eigenvalue weighted by Crippen LogP contribution is -2.18. The number of carbonyl (C=O) groups excluding carboxylic acids is 1. The van der Waals surface area contributed by atoms with Gasteiger partial charge in [-0.2, -0.15) is 0 Å². The van der Waals surface area contributed by atoms with Crippen LogP contribution in [0, 0.1) is 0 Å². The third kappa shape index (κ3) is 4.59. The molecule has 0 atom stereocenters. The summed E-state index contributed by atoms with van der Waals surface area (Å²) in [6, 6.07) is 10.5. The van der Waals surface area contributed by atoms with Gasteiger partial charge in [0.15, 0.2) is 0 Å². The van der Waals surface area contributed by atoms with Gasteiger partial charge in [-0.1, -0.05) is 0 Å². The number of carbonyl (C=O) groups is 1. The maximum absolute atomic E-state index is 12.4. The number of sulfonamides is 2. The molecule has 0 aliphatic carbocycles. The monoisotopic (exact) mass is 398 g/mol. The van der Waals surface area contributed by atoms with Crippen LogP contribution in [0.1, 0.15) is 17.3 Å². The summed E-state index contributed by atoms with van der Waals surface area (Å²) >= 11 is 0. The molecule has 8 nitrogen and oxygen atoms in total. The number of ether oxygens (including phenoxy) is 1. The molecule has 0 fully saturated rings. The Morgan fingerprint density at radius 2 is 1.38 bits per heavy atom. The number of benzene rings is 2. The highest BCUT2D eigenvalue weighted by molar-refractivity contribution is 7.92. The van der Waals surface area contributed by atoms with Crippen LogP contribution < -0.4 is 9.44 Å². The van der Waals surface area contributed by atoms with Crippen molar-refractivity contribution in [2.45, 2.75) is 16.7 Å². The van der Waals surface area contributed by atoms with E-state index in [4.69, 9.17) is 4.74 Å². The predicted molar refractivity (Wildman–Crippen MR) is 95.9 cm³/mol. The molecule has 0 amide bonds. The Balaban J connectivity index is 2.19.